The van der Waals surface area contributed by atoms with Gasteiger partial charge in [0.2, 0.25) is 0 Å². The summed E-state index contributed by atoms with van der Waals surface area (Å²) in [5.74, 6) is -0.0362. The first-order valence-electron chi connectivity index (χ1n) is 7.50. The van der Waals surface area contributed by atoms with Gasteiger partial charge in [0.15, 0.2) is 17.3 Å². The first kappa shape index (κ1) is 17.2. The van der Waals surface area contributed by atoms with Gasteiger partial charge in [-0.1, -0.05) is 31.9 Å². The Morgan fingerprint density at radius 1 is 1.10 bits per heavy atom. The molecule has 4 heteroatoms. The molecule has 3 N–H and O–H groups in total. The molecule has 21 heavy (non-hydrogen) atoms. The van der Waals surface area contributed by atoms with Crippen molar-refractivity contribution < 1.29 is 15.0 Å². The number of hydrogen-bond acceptors (Lipinski definition) is 4. The van der Waals surface area contributed by atoms with E-state index in [0.717, 1.165) is 44.2 Å². The Morgan fingerprint density at radius 2 is 1.81 bits per heavy atom. The van der Waals surface area contributed by atoms with Gasteiger partial charge in [0.1, 0.15) is 0 Å². The van der Waals surface area contributed by atoms with Gasteiger partial charge < -0.3 is 15.5 Å². The van der Waals surface area contributed by atoms with Gasteiger partial charge in [-0.15, -0.1) is 0 Å². The van der Waals surface area contributed by atoms with E-state index in [-0.39, 0.29) is 17.3 Å². The molecule has 1 aromatic rings. The zero-order chi connectivity index (χ0) is 15.5. The molecule has 0 aromatic heterocycles. The van der Waals surface area contributed by atoms with Crippen molar-refractivity contribution in [3.05, 3.63) is 36.4 Å². The zero-order valence-corrected chi connectivity index (χ0v) is 12.5. The first-order chi connectivity index (χ1) is 10.1. The van der Waals surface area contributed by atoms with Crippen molar-refractivity contribution in [1.82, 2.24) is 5.32 Å². The predicted molar refractivity (Wildman–Crippen MR) is 84.4 cm³/mol. The van der Waals surface area contributed by atoms with Crippen molar-refractivity contribution in [2.75, 3.05) is 6.54 Å². The minimum Gasteiger partial charge on any atom is -0.504 e. The molecule has 0 unspecified atom stereocenters. The van der Waals surface area contributed by atoms with Crippen LogP contribution < -0.4 is 5.32 Å². The van der Waals surface area contributed by atoms with Crippen molar-refractivity contribution in [2.45, 2.75) is 45.1 Å². The summed E-state index contributed by atoms with van der Waals surface area (Å²) >= 11 is 0. The van der Waals surface area contributed by atoms with Crippen LogP contribution in [-0.4, -0.2) is 22.5 Å². The van der Waals surface area contributed by atoms with E-state index in [1.54, 1.807) is 12.1 Å². The second kappa shape index (κ2) is 10.00. The van der Waals surface area contributed by atoms with Crippen LogP contribution in [0.5, 0.6) is 11.5 Å². The van der Waals surface area contributed by atoms with Crippen molar-refractivity contribution >= 4 is 5.78 Å². The summed E-state index contributed by atoms with van der Waals surface area (Å²) in [6, 6.07) is 4.86. The molecule has 0 fully saturated rings. The van der Waals surface area contributed by atoms with E-state index in [1.165, 1.54) is 12.1 Å². The summed E-state index contributed by atoms with van der Waals surface area (Å²) in [4.78, 5) is 11.0. The van der Waals surface area contributed by atoms with E-state index in [1.807, 2.05) is 0 Å². The molecular weight excluding hydrogens is 266 g/mol. The van der Waals surface area contributed by atoms with Gasteiger partial charge in [0.25, 0.3) is 0 Å². The number of carbonyl (C=O) groups excluding carboxylic acids is 1. The lowest BCUT2D eigenvalue weighted by Crippen LogP contribution is -2.14. The first-order valence-corrected chi connectivity index (χ1v) is 7.50. The Labute approximate surface area is 126 Å². The van der Waals surface area contributed by atoms with E-state index in [4.69, 9.17) is 0 Å². The van der Waals surface area contributed by atoms with Crippen LogP contribution >= 0.6 is 0 Å². The molecule has 116 valence electrons. The Balaban J connectivity index is 1.98. The molecule has 4 nitrogen and oxygen atoms in total. The maximum Gasteiger partial charge on any atom is 0.157 e. The molecule has 1 aromatic carbocycles. The average molecular weight is 291 g/mol. The van der Waals surface area contributed by atoms with Crippen LogP contribution in [0.3, 0.4) is 0 Å². The Hall–Kier alpha value is -1.81. The molecular formula is C17H25NO3. The summed E-state index contributed by atoms with van der Waals surface area (Å²) < 4.78 is 0. The Bertz CT molecular complexity index is 457. The number of phenolic OH excluding ortho intramolecular Hbond substituents is 2. The molecule has 0 radical (unpaired) electrons. The van der Waals surface area contributed by atoms with Crippen molar-refractivity contribution in [2.24, 2.45) is 0 Å². The molecule has 0 amide bonds. The van der Waals surface area contributed by atoms with E-state index in [0.29, 0.717) is 13.0 Å². The summed E-state index contributed by atoms with van der Waals surface area (Å²) in [7, 11) is 0. The quantitative estimate of drug-likeness (QED) is 0.332. The lowest BCUT2D eigenvalue weighted by molar-refractivity contribution is -0.114. The minimum absolute atomic E-state index is 0.0802. The number of rotatable bonds is 11. The Morgan fingerprint density at radius 3 is 2.52 bits per heavy atom. The van der Waals surface area contributed by atoms with Gasteiger partial charge >= 0.3 is 0 Å². The Kier molecular flexibility index (Phi) is 8.21. The van der Waals surface area contributed by atoms with Crippen LogP contribution in [0.15, 0.2) is 30.9 Å². The topological polar surface area (TPSA) is 69.6 Å². The van der Waals surface area contributed by atoms with Gasteiger partial charge in [-0.25, -0.2) is 0 Å². The monoisotopic (exact) mass is 291 g/mol. The molecule has 0 aliphatic rings. The second-order valence-electron chi connectivity index (χ2n) is 5.19. The average Bonchev–Trinajstić information content (AvgIpc) is 2.48. The van der Waals surface area contributed by atoms with Crippen LogP contribution in [0.2, 0.25) is 0 Å². The van der Waals surface area contributed by atoms with Crippen LogP contribution in [0, 0.1) is 0 Å². The lowest BCUT2D eigenvalue weighted by atomic mass is 10.1. The van der Waals surface area contributed by atoms with E-state index < -0.39 is 0 Å². The fourth-order valence-corrected chi connectivity index (χ4v) is 2.09. The predicted octanol–water partition coefficient (Wildman–Crippen LogP) is 3.28. The number of phenols is 2. The molecule has 0 bridgehead atoms. The standard InChI is InChI=1S/C17H25NO3/c1-2-15(19)8-6-4-3-5-7-11-18-13-14-9-10-16(20)17(21)12-14/h2,9-10,12,18,20-21H,1,3-8,11,13H2. The lowest BCUT2D eigenvalue weighted by Gasteiger charge is -2.06. The SMILES string of the molecule is C=CC(=O)CCCCCCCNCc1ccc(O)c(O)c1. The number of unbranched alkanes of at least 4 members (excludes halogenated alkanes) is 4. The summed E-state index contributed by atoms with van der Waals surface area (Å²) in [5.41, 5.74) is 0.952. The zero-order valence-electron chi connectivity index (χ0n) is 12.5. The maximum atomic E-state index is 11.0. The van der Waals surface area contributed by atoms with Crippen LogP contribution in [-0.2, 0) is 11.3 Å². The van der Waals surface area contributed by atoms with Crippen molar-refractivity contribution in [1.29, 1.82) is 0 Å². The number of hydrogen-bond donors (Lipinski definition) is 3. The highest BCUT2D eigenvalue weighted by Gasteiger charge is 2.00. The molecule has 0 aliphatic heterocycles. The summed E-state index contributed by atoms with van der Waals surface area (Å²) in [6.45, 7) is 5.06. The minimum atomic E-state index is -0.0892. The second-order valence-corrected chi connectivity index (χ2v) is 5.19. The van der Waals surface area contributed by atoms with E-state index >= 15 is 0 Å². The molecule has 1 rings (SSSR count). The third-order valence-corrected chi connectivity index (χ3v) is 3.37. The van der Waals surface area contributed by atoms with E-state index in [2.05, 4.69) is 11.9 Å². The van der Waals surface area contributed by atoms with Gasteiger partial charge in [-0.2, -0.15) is 0 Å². The number of carbonyl (C=O) groups is 1. The van der Waals surface area contributed by atoms with Crippen LogP contribution in [0.1, 0.15) is 44.1 Å². The fraction of sp³-hybridized carbons (Fsp3) is 0.471. The highest BCUT2D eigenvalue weighted by Crippen LogP contribution is 2.24. The molecule has 0 atom stereocenters. The number of allylic oxidation sites excluding steroid dienone is 1. The van der Waals surface area contributed by atoms with E-state index in [9.17, 15) is 15.0 Å². The molecule has 0 aliphatic carbocycles. The largest absolute Gasteiger partial charge is 0.504 e. The number of nitrogens with one attached hydrogen (secondary N) is 1. The van der Waals surface area contributed by atoms with Crippen LogP contribution in [0.4, 0.5) is 0 Å². The van der Waals surface area contributed by atoms with Crippen molar-refractivity contribution in [3.63, 3.8) is 0 Å². The van der Waals surface area contributed by atoms with Gasteiger partial charge in [0.05, 0.1) is 0 Å². The number of ketones is 1. The number of aromatic hydroxyl groups is 2. The highest BCUT2D eigenvalue weighted by atomic mass is 16.3. The molecule has 0 saturated carbocycles. The third-order valence-electron chi connectivity index (χ3n) is 3.37. The summed E-state index contributed by atoms with van der Waals surface area (Å²) in [5, 5.41) is 21.9. The fourth-order valence-electron chi connectivity index (χ4n) is 2.09. The van der Waals surface area contributed by atoms with Gasteiger partial charge in [-0.05, 0) is 43.2 Å². The normalized spacial score (nSPS) is 10.5. The van der Waals surface area contributed by atoms with Crippen LogP contribution in [0.25, 0.3) is 0 Å². The van der Waals surface area contributed by atoms with Gasteiger partial charge in [0, 0.05) is 13.0 Å². The third kappa shape index (κ3) is 7.51. The smallest absolute Gasteiger partial charge is 0.157 e. The maximum absolute atomic E-state index is 11.0. The highest BCUT2D eigenvalue weighted by molar-refractivity contribution is 5.88. The number of benzene rings is 1. The summed E-state index contributed by atoms with van der Waals surface area (Å²) in [6.07, 6.45) is 7.44. The molecule has 0 heterocycles. The van der Waals surface area contributed by atoms with Gasteiger partial charge in [-0.3, -0.25) is 4.79 Å². The van der Waals surface area contributed by atoms with Crippen molar-refractivity contribution in [3.8, 4) is 11.5 Å². The molecule has 0 saturated heterocycles. The molecule has 0 spiro atoms.